The summed E-state index contributed by atoms with van der Waals surface area (Å²) in [4.78, 5) is 25.4. The summed E-state index contributed by atoms with van der Waals surface area (Å²) in [5.41, 5.74) is 6.58. The Balaban J connectivity index is 1.30. The molecular formula is C31H29N3O3. The molecule has 6 nitrogen and oxygen atoms in total. The Kier molecular flexibility index (Phi) is 6.99. The first-order chi connectivity index (χ1) is 18.0. The Morgan fingerprint density at radius 2 is 1.70 bits per heavy atom. The molecule has 5 aromatic rings. The second kappa shape index (κ2) is 10.7. The molecule has 0 bridgehead atoms. The van der Waals surface area contributed by atoms with Crippen LogP contribution in [0.4, 0.5) is 0 Å². The highest BCUT2D eigenvalue weighted by Gasteiger charge is 2.15. The lowest BCUT2D eigenvalue weighted by Crippen LogP contribution is -2.24. The number of nitrogens with one attached hydrogen (secondary N) is 1. The molecule has 2 heterocycles. The van der Waals surface area contributed by atoms with Crippen LogP contribution in [0.2, 0.25) is 0 Å². The Morgan fingerprint density at radius 3 is 2.46 bits per heavy atom. The Hall–Kier alpha value is -4.45. The van der Waals surface area contributed by atoms with Gasteiger partial charge in [-0.15, -0.1) is 0 Å². The fourth-order valence-corrected chi connectivity index (χ4v) is 4.59. The van der Waals surface area contributed by atoms with E-state index in [0.29, 0.717) is 30.7 Å². The quantitative estimate of drug-likeness (QED) is 0.288. The maximum Gasteiger partial charge on any atom is 0.339 e. The van der Waals surface area contributed by atoms with Crippen molar-refractivity contribution in [2.75, 3.05) is 0 Å². The summed E-state index contributed by atoms with van der Waals surface area (Å²) in [7, 11) is 0. The largest absolute Gasteiger partial charge is 0.423 e. The zero-order chi connectivity index (χ0) is 25.8. The van der Waals surface area contributed by atoms with Crippen molar-refractivity contribution in [3.63, 3.8) is 0 Å². The van der Waals surface area contributed by atoms with Crippen LogP contribution in [-0.4, -0.2) is 15.7 Å². The van der Waals surface area contributed by atoms with Gasteiger partial charge in [0.25, 0.3) is 0 Å². The monoisotopic (exact) mass is 491 g/mol. The summed E-state index contributed by atoms with van der Waals surface area (Å²) in [6.45, 7) is 4.87. The SMILES string of the molecule is Cc1ccc2c(C)c(CCC(=O)NCc3cn(Cc4ccccc4)nc3-c3ccccc3)c(=O)oc2c1. The minimum absolute atomic E-state index is 0.127. The number of hydrogen-bond donors (Lipinski definition) is 1. The molecule has 0 aliphatic rings. The lowest BCUT2D eigenvalue weighted by Gasteiger charge is -2.09. The van der Waals surface area contributed by atoms with E-state index in [-0.39, 0.29) is 18.0 Å². The highest BCUT2D eigenvalue weighted by molar-refractivity contribution is 5.82. The molecular weight excluding hydrogens is 462 g/mol. The van der Waals surface area contributed by atoms with Crippen LogP contribution < -0.4 is 10.9 Å². The van der Waals surface area contributed by atoms with Crippen LogP contribution in [0.3, 0.4) is 0 Å². The third-order valence-electron chi connectivity index (χ3n) is 6.59. The van der Waals surface area contributed by atoms with Gasteiger partial charge in [-0.05, 0) is 43.0 Å². The first-order valence-electron chi connectivity index (χ1n) is 12.4. The van der Waals surface area contributed by atoms with E-state index in [1.165, 1.54) is 0 Å². The molecule has 2 aromatic heterocycles. The first kappa shape index (κ1) is 24.3. The van der Waals surface area contributed by atoms with E-state index in [4.69, 9.17) is 9.52 Å². The van der Waals surface area contributed by atoms with Crippen molar-refractivity contribution in [1.29, 1.82) is 0 Å². The van der Waals surface area contributed by atoms with Gasteiger partial charge < -0.3 is 9.73 Å². The van der Waals surface area contributed by atoms with Gasteiger partial charge in [0.1, 0.15) is 5.58 Å². The van der Waals surface area contributed by atoms with Crippen LogP contribution in [0, 0.1) is 13.8 Å². The number of aryl methyl sites for hydroxylation is 2. The van der Waals surface area contributed by atoms with Gasteiger partial charge in [-0.1, -0.05) is 72.8 Å². The molecule has 0 spiro atoms. The average Bonchev–Trinajstić information content (AvgIpc) is 3.30. The molecule has 37 heavy (non-hydrogen) atoms. The molecule has 6 heteroatoms. The second-order valence-corrected chi connectivity index (χ2v) is 9.32. The predicted molar refractivity (Wildman–Crippen MR) is 145 cm³/mol. The lowest BCUT2D eigenvalue weighted by atomic mass is 10.0. The van der Waals surface area contributed by atoms with E-state index in [1.807, 2.05) is 91.5 Å². The fourth-order valence-electron chi connectivity index (χ4n) is 4.59. The number of aromatic nitrogens is 2. The molecule has 1 N–H and O–H groups in total. The number of carbonyl (C=O) groups excluding carboxylic acids is 1. The highest BCUT2D eigenvalue weighted by atomic mass is 16.4. The molecule has 1 amide bonds. The van der Waals surface area contributed by atoms with Gasteiger partial charge in [-0.3, -0.25) is 9.48 Å². The number of amides is 1. The van der Waals surface area contributed by atoms with Crippen molar-refractivity contribution in [3.05, 3.63) is 123 Å². The van der Waals surface area contributed by atoms with Gasteiger partial charge in [0.15, 0.2) is 0 Å². The smallest absolute Gasteiger partial charge is 0.339 e. The van der Waals surface area contributed by atoms with E-state index in [2.05, 4.69) is 17.4 Å². The standard InChI is InChI=1S/C31H29N3O3/c1-21-13-14-26-22(2)27(31(36)37-28(26)17-21)15-16-29(35)32-18-25-20-34(19-23-9-5-3-6-10-23)33-30(25)24-11-7-4-8-12-24/h3-14,17,20H,15-16,18-19H2,1-2H3,(H,32,35). The molecule has 186 valence electrons. The zero-order valence-electron chi connectivity index (χ0n) is 21.0. The van der Waals surface area contributed by atoms with Crippen LogP contribution in [-0.2, 0) is 24.3 Å². The zero-order valence-corrected chi connectivity index (χ0v) is 21.0. The van der Waals surface area contributed by atoms with E-state index in [9.17, 15) is 9.59 Å². The molecule has 0 aliphatic heterocycles. The number of carbonyl (C=O) groups is 1. The molecule has 0 saturated heterocycles. The molecule has 0 saturated carbocycles. The fraction of sp³-hybridized carbons (Fsp3) is 0.194. The molecule has 0 fully saturated rings. The van der Waals surface area contributed by atoms with Crippen molar-refractivity contribution in [1.82, 2.24) is 15.1 Å². The number of fused-ring (bicyclic) bond motifs is 1. The van der Waals surface area contributed by atoms with Crippen LogP contribution in [0.15, 0.2) is 94.3 Å². The predicted octanol–water partition coefficient (Wildman–Crippen LogP) is 5.57. The van der Waals surface area contributed by atoms with E-state index < -0.39 is 0 Å². The maximum absolute atomic E-state index is 12.8. The number of benzene rings is 3. The van der Waals surface area contributed by atoms with Crippen molar-refractivity contribution < 1.29 is 9.21 Å². The third-order valence-corrected chi connectivity index (χ3v) is 6.59. The normalized spacial score (nSPS) is 11.1. The summed E-state index contributed by atoms with van der Waals surface area (Å²) in [5, 5.41) is 8.73. The average molecular weight is 492 g/mol. The maximum atomic E-state index is 12.8. The summed E-state index contributed by atoms with van der Waals surface area (Å²) in [6.07, 6.45) is 2.50. The summed E-state index contributed by atoms with van der Waals surface area (Å²) < 4.78 is 7.44. The molecule has 3 aromatic carbocycles. The molecule has 0 radical (unpaired) electrons. The summed E-state index contributed by atoms with van der Waals surface area (Å²) in [5.74, 6) is -0.127. The van der Waals surface area contributed by atoms with E-state index >= 15 is 0 Å². The second-order valence-electron chi connectivity index (χ2n) is 9.32. The molecule has 0 aliphatic carbocycles. The van der Waals surface area contributed by atoms with E-state index in [1.54, 1.807) is 0 Å². The van der Waals surface area contributed by atoms with Gasteiger partial charge in [0.2, 0.25) is 5.91 Å². The van der Waals surface area contributed by atoms with Gasteiger partial charge in [-0.25, -0.2) is 4.79 Å². The number of nitrogens with zero attached hydrogens (tertiary/aromatic N) is 2. The Morgan fingerprint density at radius 1 is 0.973 bits per heavy atom. The van der Waals surface area contributed by atoms with Crippen LogP contribution in [0.5, 0.6) is 0 Å². The van der Waals surface area contributed by atoms with Crippen molar-refractivity contribution >= 4 is 16.9 Å². The molecule has 5 rings (SSSR count). The molecule has 0 unspecified atom stereocenters. The van der Waals surface area contributed by atoms with Crippen molar-refractivity contribution in [3.8, 4) is 11.3 Å². The Labute approximate surface area is 215 Å². The summed E-state index contributed by atoms with van der Waals surface area (Å²) in [6, 6.07) is 25.9. The van der Waals surface area contributed by atoms with Crippen LogP contribution in [0.25, 0.3) is 22.2 Å². The minimum atomic E-state index is -0.378. The summed E-state index contributed by atoms with van der Waals surface area (Å²) >= 11 is 0. The minimum Gasteiger partial charge on any atom is -0.423 e. The van der Waals surface area contributed by atoms with Crippen molar-refractivity contribution in [2.45, 2.75) is 39.8 Å². The molecule has 0 atom stereocenters. The topological polar surface area (TPSA) is 77.1 Å². The van der Waals surface area contributed by atoms with E-state index in [0.717, 1.165) is 38.9 Å². The number of rotatable bonds is 8. The van der Waals surface area contributed by atoms with Gasteiger partial charge in [-0.2, -0.15) is 5.10 Å². The number of hydrogen-bond acceptors (Lipinski definition) is 4. The Bertz CT molecular complexity index is 1600. The third kappa shape index (κ3) is 5.54. The lowest BCUT2D eigenvalue weighted by molar-refractivity contribution is -0.121. The highest BCUT2D eigenvalue weighted by Crippen LogP contribution is 2.23. The van der Waals surface area contributed by atoms with Gasteiger partial charge >= 0.3 is 5.63 Å². The van der Waals surface area contributed by atoms with Gasteiger partial charge in [0.05, 0.1) is 12.2 Å². The van der Waals surface area contributed by atoms with Crippen molar-refractivity contribution in [2.24, 2.45) is 0 Å². The first-order valence-corrected chi connectivity index (χ1v) is 12.4. The van der Waals surface area contributed by atoms with Crippen LogP contribution in [0.1, 0.15) is 34.2 Å². The van der Waals surface area contributed by atoms with Crippen LogP contribution >= 0.6 is 0 Å². The van der Waals surface area contributed by atoms with Gasteiger partial charge in [0, 0.05) is 41.2 Å².